The second-order valence-electron chi connectivity index (χ2n) is 3.87. The number of hydrogen-bond donors (Lipinski definition) is 0. The fourth-order valence-electron chi connectivity index (χ4n) is 1.56. The lowest BCUT2D eigenvalue weighted by Gasteiger charge is -1.99. The van der Waals surface area contributed by atoms with Gasteiger partial charge in [0.2, 0.25) is 0 Å². The minimum absolute atomic E-state index is 0.256. The highest BCUT2D eigenvalue weighted by molar-refractivity contribution is 5.73. The molecular formula is C16H14O2. The molecule has 0 aliphatic rings. The molecule has 0 aliphatic heterocycles. The number of carbonyl (C=O) groups excluding carboxylic acids is 1. The van der Waals surface area contributed by atoms with Gasteiger partial charge in [-0.25, -0.2) is 0 Å². The smallest absolute Gasteiger partial charge is 0.315 e. The van der Waals surface area contributed by atoms with Gasteiger partial charge in [0.05, 0.1) is 12.7 Å². The van der Waals surface area contributed by atoms with E-state index >= 15 is 0 Å². The van der Waals surface area contributed by atoms with Crippen molar-refractivity contribution in [1.29, 1.82) is 0 Å². The van der Waals surface area contributed by atoms with Crippen molar-refractivity contribution in [2.75, 3.05) is 0 Å². The Hall–Kier alpha value is -2.35. The quantitative estimate of drug-likeness (QED) is 0.602. The molecule has 2 rings (SSSR count). The Labute approximate surface area is 107 Å². The van der Waals surface area contributed by atoms with E-state index in [-0.39, 0.29) is 5.97 Å². The SMILES string of the molecule is O=C(Cc1ccccc1)OC=Cc1ccccc1. The predicted molar refractivity (Wildman–Crippen MR) is 71.7 cm³/mol. The van der Waals surface area contributed by atoms with E-state index in [1.807, 2.05) is 60.7 Å². The highest BCUT2D eigenvalue weighted by atomic mass is 16.5. The highest BCUT2D eigenvalue weighted by Crippen LogP contribution is 2.03. The van der Waals surface area contributed by atoms with E-state index in [1.165, 1.54) is 6.26 Å². The monoisotopic (exact) mass is 238 g/mol. The molecule has 0 N–H and O–H groups in total. The first kappa shape index (κ1) is 12.1. The Morgan fingerprint density at radius 1 is 0.944 bits per heavy atom. The van der Waals surface area contributed by atoms with Crippen LogP contribution in [0.5, 0.6) is 0 Å². The van der Waals surface area contributed by atoms with Crippen LogP contribution < -0.4 is 0 Å². The Morgan fingerprint density at radius 3 is 2.22 bits per heavy atom. The summed E-state index contributed by atoms with van der Waals surface area (Å²) in [4.78, 5) is 11.5. The van der Waals surface area contributed by atoms with E-state index in [0.717, 1.165) is 11.1 Å². The van der Waals surface area contributed by atoms with Gasteiger partial charge in [-0.3, -0.25) is 4.79 Å². The molecule has 0 amide bonds. The summed E-state index contributed by atoms with van der Waals surface area (Å²) < 4.78 is 5.03. The summed E-state index contributed by atoms with van der Waals surface area (Å²) in [5.74, 6) is -0.256. The van der Waals surface area contributed by atoms with E-state index in [0.29, 0.717) is 6.42 Å². The topological polar surface area (TPSA) is 26.3 Å². The molecule has 0 aliphatic carbocycles. The normalized spacial score (nSPS) is 10.4. The van der Waals surface area contributed by atoms with Crippen molar-refractivity contribution in [1.82, 2.24) is 0 Å². The second-order valence-corrected chi connectivity index (χ2v) is 3.87. The third-order valence-electron chi connectivity index (χ3n) is 2.45. The first-order valence-corrected chi connectivity index (χ1v) is 5.79. The van der Waals surface area contributed by atoms with E-state index in [9.17, 15) is 4.79 Å². The Morgan fingerprint density at radius 2 is 1.56 bits per heavy atom. The molecule has 0 heterocycles. The van der Waals surface area contributed by atoms with Gasteiger partial charge in [0.15, 0.2) is 0 Å². The molecule has 90 valence electrons. The van der Waals surface area contributed by atoms with Crippen LogP contribution in [0.4, 0.5) is 0 Å². The lowest BCUT2D eigenvalue weighted by atomic mass is 10.2. The molecule has 2 heteroatoms. The average molecular weight is 238 g/mol. The third-order valence-corrected chi connectivity index (χ3v) is 2.45. The van der Waals surface area contributed by atoms with Crippen LogP contribution in [0.3, 0.4) is 0 Å². The van der Waals surface area contributed by atoms with Gasteiger partial charge in [0.1, 0.15) is 0 Å². The van der Waals surface area contributed by atoms with Crippen LogP contribution in [0.1, 0.15) is 11.1 Å². The molecule has 0 atom stereocenters. The zero-order valence-corrected chi connectivity index (χ0v) is 9.95. The first-order chi connectivity index (χ1) is 8.84. The number of carbonyl (C=O) groups is 1. The summed E-state index contributed by atoms with van der Waals surface area (Å²) in [6.07, 6.45) is 3.49. The van der Waals surface area contributed by atoms with Gasteiger partial charge in [-0.2, -0.15) is 0 Å². The second kappa shape index (κ2) is 6.40. The maximum atomic E-state index is 11.5. The molecule has 0 fully saturated rings. The Bertz CT molecular complexity index is 515. The molecule has 0 unspecified atom stereocenters. The molecule has 2 aromatic carbocycles. The van der Waals surface area contributed by atoms with Crippen LogP contribution in [0.25, 0.3) is 6.08 Å². The predicted octanol–water partition coefficient (Wildman–Crippen LogP) is 3.44. The van der Waals surface area contributed by atoms with Gasteiger partial charge < -0.3 is 4.74 Å². The van der Waals surface area contributed by atoms with Crippen molar-refractivity contribution in [3.8, 4) is 0 Å². The lowest BCUT2D eigenvalue weighted by molar-refractivity contribution is -0.137. The van der Waals surface area contributed by atoms with Gasteiger partial charge in [-0.1, -0.05) is 60.7 Å². The van der Waals surface area contributed by atoms with E-state index in [4.69, 9.17) is 4.74 Å². The van der Waals surface area contributed by atoms with Gasteiger partial charge in [-0.15, -0.1) is 0 Å². The minimum Gasteiger partial charge on any atom is -0.434 e. The molecule has 0 spiro atoms. The van der Waals surface area contributed by atoms with E-state index in [1.54, 1.807) is 6.08 Å². The maximum absolute atomic E-state index is 11.5. The standard InChI is InChI=1S/C16H14O2/c17-16(13-15-9-5-2-6-10-15)18-12-11-14-7-3-1-4-8-14/h1-12H,13H2. The minimum atomic E-state index is -0.256. The van der Waals surface area contributed by atoms with Crippen molar-refractivity contribution < 1.29 is 9.53 Å². The van der Waals surface area contributed by atoms with E-state index < -0.39 is 0 Å². The lowest BCUT2D eigenvalue weighted by Crippen LogP contribution is -2.03. The summed E-state index contributed by atoms with van der Waals surface area (Å²) >= 11 is 0. The number of benzene rings is 2. The summed E-state index contributed by atoms with van der Waals surface area (Å²) in [5.41, 5.74) is 1.96. The molecule has 18 heavy (non-hydrogen) atoms. The van der Waals surface area contributed by atoms with Crippen LogP contribution in [-0.2, 0) is 16.0 Å². The van der Waals surface area contributed by atoms with Crippen molar-refractivity contribution in [2.45, 2.75) is 6.42 Å². The third kappa shape index (κ3) is 3.91. The fraction of sp³-hybridized carbons (Fsp3) is 0.0625. The summed E-state index contributed by atoms with van der Waals surface area (Å²) in [7, 11) is 0. The van der Waals surface area contributed by atoms with Crippen LogP contribution in [0.2, 0.25) is 0 Å². The summed E-state index contributed by atoms with van der Waals surface area (Å²) in [6.45, 7) is 0. The van der Waals surface area contributed by atoms with Crippen molar-refractivity contribution in [3.63, 3.8) is 0 Å². The van der Waals surface area contributed by atoms with Crippen molar-refractivity contribution in [2.24, 2.45) is 0 Å². The zero-order chi connectivity index (χ0) is 12.6. The molecule has 0 radical (unpaired) electrons. The fourth-order valence-corrected chi connectivity index (χ4v) is 1.56. The summed E-state index contributed by atoms with van der Waals surface area (Å²) in [6, 6.07) is 19.2. The molecular weight excluding hydrogens is 224 g/mol. The van der Waals surface area contributed by atoms with Crippen molar-refractivity contribution >= 4 is 12.0 Å². The van der Waals surface area contributed by atoms with Gasteiger partial charge in [-0.05, 0) is 17.2 Å². The molecule has 0 saturated heterocycles. The Balaban J connectivity index is 1.84. The summed E-state index contributed by atoms with van der Waals surface area (Å²) in [5, 5.41) is 0. The number of hydrogen-bond acceptors (Lipinski definition) is 2. The first-order valence-electron chi connectivity index (χ1n) is 5.79. The number of esters is 1. The van der Waals surface area contributed by atoms with Gasteiger partial charge >= 0.3 is 5.97 Å². The molecule has 0 aromatic heterocycles. The van der Waals surface area contributed by atoms with E-state index in [2.05, 4.69) is 0 Å². The Kier molecular flexibility index (Phi) is 4.31. The molecule has 0 bridgehead atoms. The average Bonchev–Trinajstić information content (AvgIpc) is 2.41. The van der Waals surface area contributed by atoms with Gasteiger partial charge in [0, 0.05) is 0 Å². The van der Waals surface area contributed by atoms with Crippen LogP contribution in [0.15, 0.2) is 66.9 Å². The van der Waals surface area contributed by atoms with Gasteiger partial charge in [0.25, 0.3) is 0 Å². The van der Waals surface area contributed by atoms with Crippen LogP contribution in [-0.4, -0.2) is 5.97 Å². The number of ether oxygens (including phenoxy) is 1. The molecule has 2 nitrogen and oxygen atoms in total. The zero-order valence-electron chi connectivity index (χ0n) is 9.95. The molecule has 2 aromatic rings. The van der Waals surface area contributed by atoms with Crippen LogP contribution >= 0.6 is 0 Å². The molecule has 0 saturated carbocycles. The highest BCUT2D eigenvalue weighted by Gasteiger charge is 2.01. The van der Waals surface area contributed by atoms with Crippen LogP contribution in [0, 0.1) is 0 Å². The van der Waals surface area contributed by atoms with Crippen molar-refractivity contribution in [3.05, 3.63) is 78.1 Å². The largest absolute Gasteiger partial charge is 0.434 e. The number of rotatable bonds is 4. The maximum Gasteiger partial charge on any atom is 0.315 e.